The Bertz CT molecular complexity index is 1250. The molecule has 8 heteroatoms. The van der Waals surface area contributed by atoms with E-state index in [0.717, 1.165) is 35.1 Å². The minimum atomic E-state index is 0.167. The molecule has 0 amide bonds. The number of hydrogen-bond donors (Lipinski definition) is 2. The van der Waals surface area contributed by atoms with Crippen LogP contribution in [-0.2, 0) is 7.05 Å². The lowest BCUT2D eigenvalue weighted by atomic mass is 9.84. The van der Waals surface area contributed by atoms with E-state index in [-0.39, 0.29) is 5.75 Å². The van der Waals surface area contributed by atoms with Gasteiger partial charge < -0.3 is 15.0 Å². The van der Waals surface area contributed by atoms with E-state index in [2.05, 4.69) is 30.2 Å². The van der Waals surface area contributed by atoms with Gasteiger partial charge in [0.15, 0.2) is 5.65 Å². The van der Waals surface area contributed by atoms with E-state index in [9.17, 15) is 5.11 Å². The predicted molar refractivity (Wildman–Crippen MR) is 117 cm³/mol. The van der Waals surface area contributed by atoms with E-state index in [1.807, 2.05) is 37.8 Å². The number of nitrogens with one attached hydrogen (secondary N) is 1. The van der Waals surface area contributed by atoms with E-state index in [4.69, 9.17) is 0 Å². The molecule has 158 valence electrons. The third-order valence-electron chi connectivity index (χ3n) is 6.72. The fraction of sp³-hybridized carbons (Fsp3) is 0.391. The number of aromatic nitrogens is 6. The van der Waals surface area contributed by atoms with Crippen molar-refractivity contribution in [2.24, 2.45) is 7.05 Å². The van der Waals surface area contributed by atoms with Crippen LogP contribution in [0.5, 0.6) is 5.75 Å². The van der Waals surface area contributed by atoms with E-state index in [1.165, 1.54) is 19.3 Å². The Labute approximate surface area is 179 Å². The van der Waals surface area contributed by atoms with Crippen LogP contribution >= 0.6 is 0 Å². The number of rotatable bonds is 3. The van der Waals surface area contributed by atoms with Crippen molar-refractivity contribution in [1.29, 1.82) is 0 Å². The van der Waals surface area contributed by atoms with Gasteiger partial charge in [0, 0.05) is 42.5 Å². The first-order valence-corrected chi connectivity index (χ1v) is 10.9. The number of aromatic hydroxyl groups is 1. The van der Waals surface area contributed by atoms with Crippen LogP contribution in [0.2, 0.25) is 0 Å². The number of aryl methyl sites for hydroxylation is 1. The van der Waals surface area contributed by atoms with Gasteiger partial charge in [-0.3, -0.25) is 4.68 Å². The van der Waals surface area contributed by atoms with Gasteiger partial charge >= 0.3 is 0 Å². The molecular formula is C23H25N7O. The number of piperidine rings is 2. The molecule has 2 fully saturated rings. The smallest absolute Gasteiger partial charge is 0.182 e. The summed E-state index contributed by atoms with van der Waals surface area (Å²) in [5.74, 6) is 0.167. The Morgan fingerprint density at radius 1 is 1.06 bits per heavy atom. The van der Waals surface area contributed by atoms with E-state index >= 15 is 0 Å². The second kappa shape index (κ2) is 7.16. The maximum absolute atomic E-state index is 10.7. The molecule has 3 atom stereocenters. The molecule has 31 heavy (non-hydrogen) atoms. The molecule has 0 saturated carbocycles. The molecule has 2 aliphatic heterocycles. The average molecular weight is 416 g/mol. The quantitative estimate of drug-likeness (QED) is 0.532. The highest BCUT2D eigenvalue weighted by atomic mass is 16.3. The summed E-state index contributed by atoms with van der Waals surface area (Å²) < 4.78 is 3.94. The fourth-order valence-corrected chi connectivity index (χ4v) is 5.19. The van der Waals surface area contributed by atoms with Gasteiger partial charge in [0.1, 0.15) is 11.3 Å². The fourth-order valence-electron chi connectivity index (χ4n) is 5.19. The number of phenols is 1. The lowest BCUT2D eigenvalue weighted by Gasteiger charge is -2.40. The van der Waals surface area contributed by atoms with Gasteiger partial charge in [0.25, 0.3) is 0 Å². The van der Waals surface area contributed by atoms with E-state index in [0.29, 0.717) is 29.4 Å². The second-order valence-corrected chi connectivity index (χ2v) is 8.84. The molecule has 3 aromatic heterocycles. The number of hydrogen-bond acceptors (Lipinski definition) is 6. The minimum absolute atomic E-state index is 0.167. The van der Waals surface area contributed by atoms with Crippen molar-refractivity contribution in [3.05, 3.63) is 43.0 Å². The summed E-state index contributed by atoms with van der Waals surface area (Å²) in [6.07, 6.45) is 11.7. The molecule has 2 N–H and O–H groups in total. The molecule has 1 aromatic carbocycles. The summed E-state index contributed by atoms with van der Waals surface area (Å²) in [4.78, 5) is 4.62. The Kier molecular flexibility index (Phi) is 4.27. The topological polar surface area (TPSA) is 93.7 Å². The Morgan fingerprint density at radius 2 is 1.90 bits per heavy atom. The summed E-state index contributed by atoms with van der Waals surface area (Å²) in [7, 11) is 1.87. The van der Waals surface area contributed by atoms with Crippen molar-refractivity contribution in [1.82, 2.24) is 34.8 Å². The molecule has 5 heterocycles. The molecule has 2 bridgehead atoms. The minimum Gasteiger partial charge on any atom is -0.507 e. The van der Waals surface area contributed by atoms with Gasteiger partial charge in [-0.05, 0) is 49.4 Å². The summed E-state index contributed by atoms with van der Waals surface area (Å²) in [6, 6.07) is 9.09. The Morgan fingerprint density at radius 3 is 2.65 bits per heavy atom. The van der Waals surface area contributed by atoms with Crippen LogP contribution in [0.3, 0.4) is 0 Å². The highest BCUT2D eigenvalue weighted by molar-refractivity contribution is 5.79. The maximum atomic E-state index is 10.7. The van der Waals surface area contributed by atoms with Crippen LogP contribution in [0.15, 0.2) is 43.0 Å². The third-order valence-corrected chi connectivity index (χ3v) is 6.72. The Hall–Kier alpha value is -3.26. The van der Waals surface area contributed by atoms with Crippen molar-refractivity contribution in [2.75, 3.05) is 0 Å². The van der Waals surface area contributed by atoms with Crippen molar-refractivity contribution < 1.29 is 5.11 Å². The molecule has 8 nitrogen and oxygen atoms in total. The first-order valence-electron chi connectivity index (χ1n) is 10.9. The van der Waals surface area contributed by atoms with Crippen LogP contribution in [0.1, 0.15) is 38.1 Å². The lowest BCUT2D eigenvalue weighted by Crippen LogP contribution is -2.48. The van der Waals surface area contributed by atoms with Crippen molar-refractivity contribution in [2.45, 2.75) is 50.2 Å². The standard InChI is InChI=1S/C23H25N7O/c1-29-12-15(11-25-29)14-5-6-19(22(31)7-14)20-10-21-23(28-27-20)30(13-24-21)18-8-16-3-2-4-17(9-18)26-16/h5-7,10-13,16-18,26,31H,2-4,8-9H2,1H3/t16-,17+,18-. The first kappa shape index (κ1) is 18.5. The van der Waals surface area contributed by atoms with Crippen LogP contribution < -0.4 is 5.32 Å². The molecule has 2 saturated heterocycles. The average Bonchev–Trinajstić information content (AvgIpc) is 3.39. The highest BCUT2D eigenvalue weighted by Gasteiger charge is 2.32. The molecule has 0 spiro atoms. The first-order chi connectivity index (χ1) is 15.1. The maximum Gasteiger partial charge on any atom is 0.182 e. The molecular weight excluding hydrogens is 390 g/mol. The second-order valence-electron chi connectivity index (χ2n) is 8.84. The van der Waals surface area contributed by atoms with Crippen LogP contribution in [0.25, 0.3) is 33.5 Å². The molecule has 4 aromatic rings. The predicted octanol–water partition coefficient (Wildman–Crippen LogP) is 3.45. The zero-order valence-corrected chi connectivity index (χ0v) is 17.4. The van der Waals surface area contributed by atoms with Crippen LogP contribution in [0, 0.1) is 0 Å². The van der Waals surface area contributed by atoms with Gasteiger partial charge in [-0.1, -0.05) is 12.5 Å². The van der Waals surface area contributed by atoms with Crippen molar-refractivity contribution in [3.63, 3.8) is 0 Å². The van der Waals surface area contributed by atoms with Gasteiger partial charge in [0.05, 0.1) is 18.2 Å². The van der Waals surface area contributed by atoms with Gasteiger partial charge in [-0.2, -0.15) is 5.10 Å². The summed E-state index contributed by atoms with van der Waals surface area (Å²) in [6.45, 7) is 0. The third kappa shape index (κ3) is 3.27. The molecule has 0 aliphatic carbocycles. The number of fused-ring (bicyclic) bond motifs is 3. The zero-order chi connectivity index (χ0) is 20.9. The SMILES string of the molecule is Cn1cc(-c2ccc(-c3cc4ncn([C@@H]5C[C@H]6CCC[C@@H](C5)N6)c4nn3)c(O)c2)cn1. The number of nitrogens with zero attached hydrogens (tertiary/aromatic N) is 6. The molecule has 0 unspecified atom stereocenters. The van der Waals surface area contributed by atoms with Crippen molar-refractivity contribution >= 4 is 11.2 Å². The number of phenolic OH excluding ortho intramolecular Hbond substituents is 1. The lowest BCUT2D eigenvalue weighted by molar-refractivity contribution is 0.190. The van der Waals surface area contributed by atoms with Gasteiger partial charge in [0.2, 0.25) is 0 Å². The van der Waals surface area contributed by atoms with E-state index in [1.54, 1.807) is 16.9 Å². The van der Waals surface area contributed by atoms with Gasteiger partial charge in [-0.25, -0.2) is 4.98 Å². The molecule has 0 radical (unpaired) electrons. The summed E-state index contributed by atoms with van der Waals surface area (Å²) in [5, 5.41) is 27.6. The molecule has 2 aliphatic rings. The number of imidazole rings is 1. The Balaban J connectivity index is 1.31. The van der Waals surface area contributed by atoms with Gasteiger partial charge in [-0.15, -0.1) is 10.2 Å². The summed E-state index contributed by atoms with van der Waals surface area (Å²) >= 11 is 0. The largest absolute Gasteiger partial charge is 0.507 e. The highest BCUT2D eigenvalue weighted by Crippen LogP contribution is 2.36. The summed E-state index contributed by atoms with van der Waals surface area (Å²) in [5.41, 5.74) is 4.76. The number of benzene rings is 1. The zero-order valence-electron chi connectivity index (χ0n) is 17.4. The monoisotopic (exact) mass is 415 g/mol. The van der Waals surface area contributed by atoms with Crippen molar-refractivity contribution in [3.8, 4) is 28.1 Å². The van der Waals surface area contributed by atoms with E-state index < -0.39 is 0 Å². The van der Waals surface area contributed by atoms with Crippen LogP contribution in [-0.4, -0.2) is 46.7 Å². The normalized spacial score (nSPS) is 23.3. The molecule has 6 rings (SSSR count). The van der Waals surface area contributed by atoms with Crippen LogP contribution in [0.4, 0.5) is 0 Å².